The Morgan fingerprint density at radius 1 is 1.33 bits per heavy atom. The van der Waals surface area contributed by atoms with Crippen LogP contribution in [-0.4, -0.2) is 40.2 Å². The van der Waals surface area contributed by atoms with Crippen LogP contribution in [0.4, 0.5) is 5.95 Å². The Kier molecular flexibility index (Phi) is 4.57. The van der Waals surface area contributed by atoms with Gasteiger partial charge in [-0.25, -0.2) is 9.67 Å². The number of aromatic nitrogens is 3. The predicted octanol–water partition coefficient (Wildman–Crippen LogP) is 0.668. The number of nitrogens with one attached hydrogen (secondary N) is 2. The average molecular weight is 329 g/mol. The van der Waals surface area contributed by atoms with Gasteiger partial charge in [-0.2, -0.15) is 0 Å². The number of nitrogens with zero attached hydrogens (tertiary/aromatic N) is 3. The summed E-state index contributed by atoms with van der Waals surface area (Å²) in [6.45, 7) is 0.570. The standard InChI is InChI=1S/C16H19N5O3/c1-17-13(22)10-21-11-18-15(20-21)19-14(23)16(8-5-9-24-16)12-6-3-2-4-7-12/h2-4,6-7,11H,5,8-10H2,1H3,(H,17,22)(H,19,20,23). The zero-order valence-corrected chi connectivity index (χ0v) is 13.4. The lowest BCUT2D eigenvalue weighted by Gasteiger charge is -2.26. The molecule has 0 radical (unpaired) electrons. The zero-order valence-electron chi connectivity index (χ0n) is 13.4. The molecule has 1 fully saturated rings. The quantitative estimate of drug-likeness (QED) is 0.840. The van der Waals surface area contributed by atoms with Crippen LogP contribution in [0.2, 0.25) is 0 Å². The normalized spacial score (nSPS) is 19.9. The fourth-order valence-corrected chi connectivity index (χ4v) is 2.74. The maximum absolute atomic E-state index is 12.8. The Morgan fingerprint density at radius 3 is 2.79 bits per heavy atom. The highest BCUT2D eigenvalue weighted by Gasteiger charge is 2.44. The van der Waals surface area contributed by atoms with E-state index in [0.29, 0.717) is 13.0 Å². The minimum atomic E-state index is -1.02. The van der Waals surface area contributed by atoms with Crippen molar-refractivity contribution in [2.75, 3.05) is 19.0 Å². The molecular formula is C16H19N5O3. The van der Waals surface area contributed by atoms with E-state index in [1.807, 2.05) is 30.3 Å². The molecule has 0 saturated carbocycles. The predicted molar refractivity (Wildman–Crippen MR) is 86.0 cm³/mol. The Hall–Kier alpha value is -2.74. The molecule has 1 aliphatic heterocycles. The first kappa shape index (κ1) is 16.1. The highest BCUT2D eigenvalue weighted by Crippen LogP contribution is 2.37. The molecule has 1 aromatic carbocycles. The number of hydrogen-bond acceptors (Lipinski definition) is 5. The highest BCUT2D eigenvalue weighted by molar-refractivity contribution is 5.97. The van der Waals surface area contributed by atoms with E-state index >= 15 is 0 Å². The summed E-state index contributed by atoms with van der Waals surface area (Å²) in [7, 11) is 1.54. The van der Waals surface area contributed by atoms with Gasteiger partial charge in [-0.3, -0.25) is 14.9 Å². The van der Waals surface area contributed by atoms with Gasteiger partial charge in [0.05, 0.1) is 0 Å². The lowest BCUT2D eigenvalue weighted by Crippen LogP contribution is -2.40. The Labute approximate surface area is 139 Å². The minimum absolute atomic E-state index is 0.0414. The molecule has 126 valence electrons. The number of carbonyl (C=O) groups is 2. The molecule has 1 aromatic heterocycles. The molecule has 2 heterocycles. The molecule has 8 nitrogen and oxygen atoms in total. The summed E-state index contributed by atoms with van der Waals surface area (Å²) >= 11 is 0. The van der Waals surface area contributed by atoms with Crippen LogP contribution in [0.15, 0.2) is 36.7 Å². The van der Waals surface area contributed by atoms with E-state index < -0.39 is 5.60 Å². The Balaban J connectivity index is 1.77. The topological polar surface area (TPSA) is 98.1 Å². The van der Waals surface area contributed by atoms with E-state index in [-0.39, 0.29) is 24.3 Å². The maximum Gasteiger partial charge on any atom is 0.263 e. The lowest BCUT2D eigenvalue weighted by molar-refractivity contribution is -0.136. The number of likely N-dealkylation sites (N-methyl/N-ethyl adjacent to an activating group) is 1. The fourth-order valence-electron chi connectivity index (χ4n) is 2.74. The van der Waals surface area contributed by atoms with Crippen molar-refractivity contribution in [1.82, 2.24) is 20.1 Å². The number of rotatable bonds is 5. The number of carbonyl (C=O) groups excluding carboxylic acids is 2. The number of amides is 2. The number of ether oxygens (including phenoxy) is 1. The first-order chi connectivity index (χ1) is 11.6. The third kappa shape index (κ3) is 3.13. The molecule has 1 saturated heterocycles. The van der Waals surface area contributed by atoms with Gasteiger partial charge >= 0.3 is 0 Å². The molecule has 24 heavy (non-hydrogen) atoms. The van der Waals surface area contributed by atoms with E-state index in [9.17, 15) is 9.59 Å². The van der Waals surface area contributed by atoms with Gasteiger partial charge in [-0.15, -0.1) is 5.10 Å². The summed E-state index contributed by atoms with van der Waals surface area (Å²) in [6.07, 6.45) is 2.80. The second-order valence-corrected chi connectivity index (χ2v) is 5.54. The summed E-state index contributed by atoms with van der Waals surface area (Å²) in [5.74, 6) is -0.351. The van der Waals surface area contributed by atoms with Crippen molar-refractivity contribution in [3.05, 3.63) is 42.2 Å². The molecule has 2 N–H and O–H groups in total. The molecule has 2 aromatic rings. The molecule has 0 spiro atoms. The molecule has 1 unspecified atom stereocenters. The largest absolute Gasteiger partial charge is 0.360 e. The fraction of sp³-hybridized carbons (Fsp3) is 0.375. The maximum atomic E-state index is 12.8. The molecule has 1 aliphatic rings. The first-order valence-electron chi connectivity index (χ1n) is 7.75. The summed E-state index contributed by atoms with van der Waals surface area (Å²) in [5.41, 5.74) is -0.210. The van der Waals surface area contributed by atoms with Crippen LogP contribution >= 0.6 is 0 Å². The van der Waals surface area contributed by atoms with Crippen molar-refractivity contribution in [3.8, 4) is 0 Å². The van der Waals surface area contributed by atoms with Crippen molar-refractivity contribution in [2.24, 2.45) is 0 Å². The Morgan fingerprint density at radius 2 is 2.12 bits per heavy atom. The zero-order chi connectivity index (χ0) is 17.0. The van der Waals surface area contributed by atoms with E-state index in [0.717, 1.165) is 12.0 Å². The van der Waals surface area contributed by atoms with Crippen LogP contribution in [0.25, 0.3) is 0 Å². The van der Waals surface area contributed by atoms with Crippen LogP contribution in [0.3, 0.4) is 0 Å². The Bertz CT molecular complexity index is 722. The van der Waals surface area contributed by atoms with Crippen LogP contribution in [0.5, 0.6) is 0 Å². The van der Waals surface area contributed by atoms with Gasteiger partial charge < -0.3 is 10.1 Å². The summed E-state index contributed by atoms with van der Waals surface area (Å²) < 4.78 is 7.17. The SMILES string of the molecule is CNC(=O)Cn1cnc(NC(=O)C2(c3ccccc3)CCCO2)n1. The molecule has 8 heteroatoms. The molecule has 0 bridgehead atoms. The van der Waals surface area contributed by atoms with Crippen LogP contribution in [-0.2, 0) is 26.5 Å². The molecule has 2 amide bonds. The van der Waals surface area contributed by atoms with Crippen molar-refractivity contribution < 1.29 is 14.3 Å². The smallest absolute Gasteiger partial charge is 0.263 e. The van der Waals surface area contributed by atoms with E-state index in [1.165, 1.54) is 11.0 Å². The van der Waals surface area contributed by atoms with Crippen LogP contribution < -0.4 is 10.6 Å². The summed E-state index contributed by atoms with van der Waals surface area (Å²) in [6, 6.07) is 9.40. The summed E-state index contributed by atoms with van der Waals surface area (Å²) in [4.78, 5) is 28.2. The van der Waals surface area contributed by atoms with Gasteiger partial charge in [0, 0.05) is 13.7 Å². The minimum Gasteiger partial charge on any atom is -0.360 e. The molecule has 3 rings (SSSR count). The average Bonchev–Trinajstić information content (AvgIpc) is 3.26. The van der Waals surface area contributed by atoms with Crippen LogP contribution in [0, 0.1) is 0 Å². The molecule has 0 aliphatic carbocycles. The van der Waals surface area contributed by atoms with Gasteiger partial charge in [-0.1, -0.05) is 30.3 Å². The van der Waals surface area contributed by atoms with Crippen molar-refractivity contribution in [3.63, 3.8) is 0 Å². The van der Waals surface area contributed by atoms with Crippen molar-refractivity contribution in [1.29, 1.82) is 0 Å². The van der Waals surface area contributed by atoms with Gasteiger partial charge in [0.15, 0.2) is 5.60 Å². The monoisotopic (exact) mass is 329 g/mol. The van der Waals surface area contributed by atoms with Gasteiger partial charge in [0.2, 0.25) is 11.9 Å². The second kappa shape index (κ2) is 6.79. The third-order valence-corrected chi connectivity index (χ3v) is 3.97. The number of hydrogen-bond donors (Lipinski definition) is 2. The number of benzene rings is 1. The van der Waals surface area contributed by atoms with Gasteiger partial charge in [0.25, 0.3) is 5.91 Å². The van der Waals surface area contributed by atoms with E-state index in [4.69, 9.17) is 4.74 Å². The van der Waals surface area contributed by atoms with Crippen molar-refractivity contribution in [2.45, 2.75) is 25.0 Å². The van der Waals surface area contributed by atoms with Gasteiger partial charge in [-0.05, 0) is 18.4 Å². The van der Waals surface area contributed by atoms with Crippen LogP contribution in [0.1, 0.15) is 18.4 Å². The first-order valence-corrected chi connectivity index (χ1v) is 7.75. The highest BCUT2D eigenvalue weighted by atomic mass is 16.5. The lowest BCUT2D eigenvalue weighted by atomic mass is 9.90. The molecule has 1 atom stereocenters. The summed E-state index contributed by atoms with van der Waals surface area (Å²) in [5, 5.41) is 9.29. The second-order valence-electron chi connectivity index (χ2n) is 5.54. The van der Waals surface area contributed by atoms with Crippen molar-refractivity contribution >= 4 is 17.8 Å². The van der Waals surface area contributed by atoms with Gasteiger partial charge in [0.1, 0.15) is 12.9 Å². The van der Waals surface area contributed by atoms with E-state index in [1.54, 1.807) is 7.05 Å². The third-order valence-electron chi connectivity index (χ3n) is 3.97. The number of anilines is 1. The van der Waals surface area contributed by atoms with E-state index in [2.05, 4.69) is 20.7 Å². The molecular weight excluding hydrogens is 310 g/mol.